The van der Waals surface area contributed by atoms with Crippen molar-refractivity contribution in [1.29, 1.82) is 0 Å². The van der Waals surface area contributed by atoms with Gasteiger partial charge in [0.1, 0.15) is 0 Å². The molecule has 0 spiro atoms. The summed E-state index contributed by atoms with van der Waals surface area (Å²) in [5.41, 5.74) is 1.04. The Bertz CT molecular complexity index is 523. The average Bonchev–Trinajstić information content (AvgIpc) is 2.84. The van der Waals surface area contributed by atoms with Crippen molar-refractivity contribution in [1.82, 2.24) is 14.7 Å². The summed E-state index contributed by atoms with van der Waals surface area (Å²) in [6.45, 7) is 0.939. The minimum Gasteiger partial charge on any atom is -0.362 e. The van der Waals surface area contributed by atoms with E-state index in [9.17, 15) is 0 Å². The van der Waals surface area contributed by atoms with E-state index in [1.54, 1.807) is 0 Å². The molecule has 2 fully saturated rings. The van der Waals surface area contributed by atoms with Crippen LogP contribution < -0.4 is 10.6 Å². The molecule has 1 heterocycles. The smallest absolute Gasteiger partial charge is 0.170 e. The maximum absolute atomic E-state index is 5.38. The Morgan fingerprint density at radius 2 is 1.75 bits per heavy atom. The lowest BCUT2D eigenvalue weighted by molar-refractivity contribution is 0.233. The predicted molar refractivity (Wildman–Crippen MR) is 109 cm³/mol. The highest BCUT2D eigenvalue weighted by atomic mass is 32.1. The molecule has 1 aliphatic heterocycles. The van der Waals surface area contributed by atoms with Crippen LogP contribution in [0.15, 0.2) is 30.3 Å². The van der Waals surface area contributed by atoms with E-state index < -0.39 is 0 Å². The molecule has 0 bridgehead atoms. The Labute approximate surface area is 152 Å². The maximum Gasteiger partial charge on any atom is 0.170 e. The van der Waals surface area contributed by atoms with Crippen molar-refractivity contribution in [3.05, 3.63) is 30.3 Å². The Morgan fingerprint density at radius 3 is 2.38 bits per heavy atom. The molecule has 2 atom stereocenters. The molecule has 0 radical (unpaired) electrons. The van der Waals surface area contributed by atoms with Crippen LogP contribution in [0.25, 0.3) is 0 Å². The summed E-state index contributed by atoms with van der Waals surface area (Å²) in [6, 6.07) is 11.7. The van der Waals surface area contributed by atoms with Crippen LogP contribution in [0.1, 0.15) is 32.1 Å². The monoisotopic (exact) mass is 364 g/mol. The second-order valence-electron chi connectivity index (χ2n) is 6.76. The molecule has 1 saturated heterocycles. The van der Waals surface area contributed by atoms with E-state index in [-0.39, 0.29) is 8.22 Å². The fourth-order valence-electron chi connectivity index (χ4n) is 3.96. The van der Waals surface area contributed by atoms with Crippen LogP contribution in [0.2, 0.25) is 0 Å². The van der Waals surface area contributed by atoms with Crippen LogP contribution in [-0.4, -0.2) is 53.3 Å². The number of fused-ring (bicyclic) bond motifs is 1. The van der Waals surface area contributed by atoms with Gasteiger partial charge in [0.2, 0.25) is 0 Å². The highest BCUT2D eigenvalue weighted by molar-refractivity contribution is 7.80. The first-order chi connectivity index (χ1) is 11.7. The van der Waals surface area contributed by atoms with Gasteiger partial charge in [-0.3, -0.25) is 9.34 Å². The third kappa shape index (κ3) is 4.26. The van der Waals surface area contributed by atoms with E-state index in [0.717, 1.165) is 35.8 Å². The molecular formula is C18H29N4PS. The summed E-state index contributed by atoms with van der Waals surface area (Å²) in [4.78, 5) is 0. The first-order valence-corrected chi connectivity index (χ1v) is 10.8. The second kappa shape index (κ2) is 8.57. The number of benzene rings is 1. The topological polar surface area (TPSA) is 30.5 Å². The van der Waals surface area contributed by atoms with Crippen LogP contribution >= 0.6 is 20.4 Å². The van der Waals surface area contributed by atoms with E-state index in [0.29, 0.717) is 0 Å². The quantitative estimate of drug-likeness (QED) is 0.471. The minimum absolute atomic E-state index is 0.134. The van der Waals surface area contributed by atoms with Crippen molar-refractivity contribution in [2.45, 2.75) is 44.2 Å². The zero-order valence-electron chi connectivity index (χ0n) is 14.7. The lowest BCUT2D eigenvalue weighted by atomic mass is 9.91. The number of anilines is 1. The standard InChI is InChI=1S/C18H29N4PS/c1-21-16-11-6-7-12-17(16)22(2)23(21)14-8-13-19-18(24)20-15-9-4-3-5-10-15/h3-5,9-10,16-17H,6-8,11-14H2,1-2H3,(H2,19,20,24)/t16-,17-/m1/s1. The molecule has 1 aliphatic carbocycles. The van der Waals surface area contributed by atoms with Crippen LogP contribution in [0.3, 0.4) is 0 Å². The van der Waals surface area contributed by atoms with Crippen LogP contribution in [0, 0.1) is 0 Å². The normalized spacial score (nSPS) is 25.4. The van der Waals surface area contributed by atoms with Crippen molar-refractivity contribution >= 4 is 31.2 Å². The van der Waals surface area contributed by atoms with E-state index >= 15 is 0 Å². The summed E-state index contributed by atoms with van der Waals surface area (Å²) in [5.74, 6) is 0. The Hall–Kier alpha value is -0.740. The molecule has 2 N–H and O–H groups in total. The van der Waals surface area contributed by atoms with Crippen molar-refractivity contribution in [3.8, 4) is 0 Å². The number of nitrogens with zero attached hydrogens (tertiary/aromatic N) is 2. The molecule has 2 aliphatic rings. The molecule has 3 rings (SSSR count). The average molecular weight is 364 g/mol. The highest BCUT2D eigenvalue weighted by Crippen LogP contribution is 2.55. The third-order valence-electron chi connectivity index (χ3n) is 5.23. The predicted octanol–water partition coefficient (Wildman–Crippen LogP) is 3.86. The number of hydrogen-bond donors (Lipinski definition) is 2. The van der Waals surface area contributed by atoms with Gasteiger partial charge in [0.25, 0.3) is 0 Å². The molecule has 1 saturated carbocycles. The first-order valence-electron chi connectivity index (χ1n) is 9.00. The fraction of sp³-hybridized carbons (Fsp3) is 0.611. The number of rotatable bonds is 5. The zero-order chi connectivity index (χ0) is 16.9. The van der Waals surface area contributed by atoms with Gasteiger partial charge in [-0.05, 0) is 63.9 Å². The molecule has 4 nitrogen and oxygen atoms in total. The van der Waals surface area contributed by atoms with E-state index in [4.69, 9.17) is 12.2 Å². The van der Waals surface area contributed by atoms with Crippen LogP contribution in [0.5, 0.6) is 0 Å². The lowest BCUT2D eigenvalue weighted by Gasteiger charge is -2.29. The number of likely N-dealkylation sites (N-methyl/N-ethyl adjacent to an activating group) is 2. The van der Waals surface area contributed by atoms with Gasteiger partial charge in [0.15, 0.2) is 5.11 Å². The second-order valence-corrected chi connectivity index (χ2v) is 9.62. The molecule has 1 aromatic carbocycles. The fourth-order valence-corrected chi connectivity index (χ4v) is 6.92. The van der Waals surface area contributed by atoms with Crippen molar-refractivity contribution in [2.75, 3.05) is 32.1 Å². The van der Waals surface area contributed by atoms with Gasteiger partial charge in [-0.15, -0.1) is 0 Å². The first kappa shape index (κ1) is 18.1. The molecule has 0 amide bonds. The number of para-hydroxylation sites is 1. The Balaban J connectivity index is 1.39. The summed E-state index contributed by atoms with van der Waals surface area (Å²) >= 11 is 5.38. The molecule has 132 valence electrons. The maximum atomic E-state index is 5.38. The number of hydrogen-bond acceptors (Lipinski definition) is 3. The zero-order valence-corrected chi connectivity index (χ0v) is 16.5. The summed E-state index contributed by atoms with van der Waals surface area (Å²) in [6.07, 6.45) is 8.00. The van der Waals surface area contributed by atoms with Crippen molar-refractivity contribution < 1.29 is 0 Å². The third-order valence-corrected chi connectivity index (χ3v) is 8.25. The van der Waals surface area contributed by atoms with Crippen LogP contribution in [-0.2, 0) is 0 Å². The largest absolute Gasteiger partial charge is 0.362 e. The summed E-state index contributed by atoms with van der Waals surface area (Å²) in [7, 11) is 4.55. The number of thiocarbonyl (C=S) groups is 1. The van der Waals surface area contributed by atoms with E-state index in [2.05, 4.69) is 34.1 Å². The van der Waals surface area contributed by atoms with E-state index in [1.807, 2.05) is 30.3 Å². The van der Waals surface area contributed by atoms with Gasteiger partial charge < -0.3 is 10.6 Å². The van der Waals surface area contributed by atoms with Gasteiger partial charge in [0, 0.05) is 32.5 Å². The van der Waals surface area contributed by atoms with Gasteiger partial charge in [-0.1, -0.05) is 31.0 Å². The van der Waals surface area contributed by atoms with Gasteiger partial charge in [-0.25, -0.2) is 0 Å². The van der Waals surface area contributed by atoms with Crippen molar-refractivity contribution in [3.63, 3.8) is 0 Å². The molecule has 24 heavy (non-hydrogen) atoms. The Kier molecular flexibility index (Phi) is 6.45. The molecule has 1 aromatic rings. The molecule has 0 unspecified atom stereocenters. The molecular weight excluding hydrogens is 335 g/mol. The van der Waals surface area contributed by atoms with Gasteiger partial charge in [-0.2, -0.15) is 0 Å². The van der Waals surface area contributed by atoms with Crippen molar-refractivity contribution in [2.24, 2.45) is 0 Å². The van der Waals surface area contributed by atoms with Crippen LogP contribution in [0.4, 0.5) is 5.69 Å². The molecule has 0 aromatic heterocycles. The Morgan fingerprint density at radius 1 is 1.12 bits per heavy atom. The lowest BCUT2D eigenvalue weighted by Crippen LogP contribution is -2.37. The SMILES string of the molecule is CN1[C@@H]2CCCC[C@H]2N(C)P1CCCNC(=S)Nc1ccccc1. The minimum atomic E-state index is -0.134. The van der Waals surface area contributed by atoms with Gasteiger partial charge in [0.05, 0.1) is 0 Å². The highest BCUT2D eigenvalue weighted by Gasteiger charge is 2.43. The molecule has 6 heteroatoms. The summed E-state index contributed by atoms with van der Waals surface area (Å²) in [5, 5.41) is 7.29. The van der Waals surface area contributed by atoms with Gasteiger partial charge >= 0.3 is 0 Å². The summed E-state index contributed by atoms with van der Waals surface area (Å²) < 4.78 is 5.36. The van der Waals surface area contributed by atoms with E-state index in [1.165, 1.54) is 31.8 Å². The number of nitrogens with one attached hydrogen (secondary N) is 2.